The maximum Gasteiger partial charge on any atom is 0.425 e. The van der Waals surface area contributed by atoms with E-state index in [1.54, 1.807) is 5.10 Å². The fourth-order valence-corrected chi connectivity index (χ4v) is 3.89. The fourth-order valence-electron chi connectivity index (χ4n) is 3.89. The molecule has 206 valence electrons. The number of nitrogens with one attached hydrogen (secondary N) is 1. The normalized spacial score (nSPS) is 13.3. The Morgan fingerprint density at radius 3 is 2.38 bits per heavy atom. The van der Waals surface area contributed by atoms with Gasteiger partial charge in [-0.25, -0.2) is 28.2 Å². The molecule has 4 rings (SSSR count). The summed E-state index contributed by atoms with van der Waals surface area (Å²) in [7, 11) is 1.39. The van der Waals surface area contributed by atoms with Crippen molar-refractivity contribution in [2.45, 2.75) is 38.3 Å². The van der Waals surface area contributed by atoms with Crippen molar-refractivity contribution < 1.29 is 35.8 Å². The number of hydrogen-bond acceptors (Lipinski definition) is 7. The van der Waals surface area contributed by atoms with E-state index >= 15 is 0 Å². The van der Waals surface area contributed by atoms with Crippen LogP contribution < -0.4 is 20.6 Å². The van der Waals surface area contributed by atoms with Crippen LogP contribution in [0.25, 0.3) is 22.2 Å². The van der Waals surface area contributed by atoms with E-state index in [1.165, 1.54) is 26.4 Å². The number of benzene rings is 1. The first-order valence-corrected chi connectivity index (χ1v) is 11.2. The first-order chi connectivity index (χ1) is 18.4. The van der Waals surface area contributed by atoms with Crippen LogP contribution in [0.4, 0.5) is 26.3 Å². The standard InChI is InChI=1S/C24H19F6N5O4/c1-11(39-19-8-33-34-22(36)20(19)24(28,29)30)3-12(25)9-35-10-18(27)14-4-16(17(26)5-15(14)23(35)37)21-31-6-13(38-2)7-32-21/h4-8,10-12H,3,9H2,1-2H3,(H,34,36)/t11-,12+/m1/s1. The van der Waals surface area contributed by atoms with Crippen LogP contribution in [0.1, 0.15) is 18.9 Å². The van der Waals surface area contributed by atoms with Gasteiger partial charge in [-0.3, -0.25) is 9.59 Å². The predicted molar refractivity (Wildman–Crippen MR) is 125 cm³/mol. The summed E-state index contributed by atoms with van der Waals surface area (Å²) in [5, 5.41) is 4.29. The molecule has 0 spiro atoms. The van der Waals surface area contributed by atoms with Crippen LogP contribution in [0.15, 0.2) is 46.5 Å². The lowest BCUT2D eigenvalue weighted by atomic mass is 10.1. The van der Waals surface area contributed by atoms with Crippen LogP contribution in [0, 0.1) is 11.6 Å². The van der Waals surface area contributed by atoms with Gasteiger partial charge < -0.3 is 14.0 Å². The summed E-state index contributed by atoms with van der Waals surface area (Å²) in [6.45, 7) is 0.542. The van der Waals surface area contributed by atoms with E-state index in [9.17, 15) is 35.9 Å². The summed E-state index contributed by atoms with van der Waals surface area (Å²) in [6.07, 6.45) is -4.74. The van der Waals surface area contributed by atoms with Crippen molar-refractivity contribution in [2.75, 3.05) is 7.11 Å². The number of rotatable bonds is 8. The molecule has 0 amide bonds. The number of H-pyrrole nitrogens is 1. The Kier molecular flexibility index (Phi) is 7.60. The Labute approximate surface area is 215 Å². The Balaban J connectivity index is 1.55. The topological polar surface area (TPSA) is 112 Å². The Morgan fingerprint density at radius 1 is 1.05 bits per heavy atom. The van der Waals surface area contributed by atoms with Gasteiger partial charge in [0.1, 0.15) is 17.8 Å². The van der Waals surface area contributed by atoms with Gasteiger partial charge in [-0.2, -0.15) is 18.3 Å². The zero-order valence-electron chi connectivity index (χ0n) is 20.2. The first kappa shape index (κ1) is 27.6. The van der Waals surface area contributed by atoms with Crippen molar-refractivity contribution in [3.05, 3.63) is 74.8 Å². The lowest BCUT2D eigenvalue weighted by Gasteiger charge is -2.19. The van der Waals surface area contributed by atoms with E-state index in [-0.39, 0.29) is 22.2 Å². The summed E-state index contributed by atoms with van der Waals surface area (Å²) >= 11 is 0. The van der Waals surface area contributed by atoms with Crippen LogP contribution in [0.2, 0.25) is 0 Å². The second-order valence-corrected chi connectivity index (χ2v) is 8.46. The highest BCUT2D eigenvalue weighted by atomic mass is 19.4. The number of pyridine rings is 1. The quantitative estimate of drug-likeness (QED) is 0.327. The number of ether oxygens (including phenoxy) is 2. The van der Waals surface area contributed by atoms with E-state index in [0.29, 0.717) is 16.5 Å². The average molecular weight is 555 g/mol. The van der Waals surface area contributed by atoms with Crippen molar-refractivity contribution in [1.82, 2.24) is 24.7 Å². The van der Waals surface area contributed by atoms with Crippen molar-refractivity contribution in [2.24, 2.45) is 0 Å². The molecule has 2 atom stereocenters. The maximum absolute atomic E-state index is 14.9. The average Bonchev–Trinajstić information content (AvgIpc) is 2.86. The molecule has 0 aliphatic heterocycles. The van der Waals surface area contributed by atoms with Crippen molar-refractivity contribution >= 4 is 10.8 Å². The molecular weight excluding hydrogens is 536 g/mol. The molecule has 0 aliphatic carbocycles. The molecular formula is C24H19F6N5O4. The lowest BCUT2D eigenvalue weighted by molar-refractivity contribution is -0.140. The minimum absolute atomic E-state index is 0.0825. The number of hydrogen-bond donors (Lipinski definition) is 1. The van der Waals surface area contributed by atoms with E-state index in [1.807, 2.05) is 0 Å². The van der Waals surface area contributed by atoms with Gasteiger partial charge >= 0.3 is 6.18 Å². The lowest BCUT2D eigenvalue weighted by Crippen LogP contribution is -2.29. The predicted octanol–water partition coefficient (Wildman–Crippen LogP) is 4.04. The Bertz CT molecular complexity index is 1620. The largest absolute Gasteiger partial charge is 0.494 e. The Hall–Kier alpha value is -4.43. The van der Waals surface area contributed by atoms with Crippen LogP contribution in [-0.2, 0) is 12.7 Å². The highest BCUT2D eigenvalue weighted by molar-refractivity contribution is 5.86. The molecule has 3 aromatic heterocycles. The number of aromatic nitrogens is 5. The third-order valence-electron chi connectivity index (χ3n) is 5.65. The molecule has 0 saturated heterocycles. The van der Waals surface area contributed by atoms with Crippen molar-refractivity contribution in [3.8, 4) is 22.9 Å². The Morgan fingerprint density at radius 2 is 1.74 bits per heavy atom. The van der Waals surface area contributed by atoms with Gasteiger partial charge in [0.05, 0.1) is 49.3 Å². The second-order valence-electron chi connectivity index (χ2n) is 8.46. The van der Waals surface area contributed by atoms with Crippen molar-refractivity contribution in [1.29, 1.82) is 0 Å². The smallest absolute Gasteiger partial charge is 0.425 e. The van der Waals surface area contributed by atoms with Crippen LogP contribution in [0.5, 0.6) is 11.5 Å². The molecule has 15 heteroatoms. The molecule has 0 fully saturated rings. The molecule has 3 heterocycles. The number of aromatic amines is 1. The molecule has 39 heavy (non-hydrogen) atoms. The van der Waals surface area contributed by atoms with E-state index in [0.717, 1.165) is 18.3 Å². The summed E-state index contributed by atoms with van der Waals surface area (Å²) in [5.41, 5.74) is -4.24. The molecule has 0 aliphatic rings. The monoisotopic (exact) mass is 555 g/mol. The van der Waals surface area contributed by atoms with Gasteiger partial charge in [0.15, 0.2) is 22.9 Å². The number of halogens is 6. The molecule has 0 saturated carbocycles. The summed E-state index contributed by atoms with van der Waals surface area (Å²) in [5.74, 6) is -2.55. The third-order valence-corrected chi connectivity index (χ3v) is 5.65. The SMILES string of the molecule is COc1cnc(-c2cc3c(F)cn(C[C@@H](F)C[C@@H](C)Oc4cn[nH]c(=O)c4C(F)(F)F)c(=O)c3cc2F)nc1. The fraction of sp³-hybridized carbons (Fsp3) is 0.292. The van der Waals surface area contributed by atoms with Gasteiger partial charge in [-0.05, 0) is 19.1 Å². The van der Waals surface area contributed by atoms with Gasteiger partial charge in [0.2, 0.25) is 0 Å². The highest BCUT2D eigenvalue weighted by Gasteiger charge is 2.38. The van der Waals surface area contributed by atoms with Crippen LogP contribution in [0.3, 0.4) is 0 Å². The van der Waals surface area contributed by atoms with Gasteiger partial charge in [-0.1, -0.05) is 0 Å². The molecule has 4 aromatic rings. The zero-order valence-corrected chi connectivity index (χ0v) is 20.2. The minimum atomic E-state index is -5.05. The van der Waals surface area contributed by atoms with Crippen LogP contribution >= 0.6 is 0 Å². The molecule has 0 bridgehead atoms. The second kappa shape index (κ2) is 10.7. The van der Waals surface area contributed by atoms with Gasteiger partial charge in [0, 0.05) is 18.0 Å². The summed E-state index contributed by atoms with van der Waals surface area (Å²) in [6, 6.07) is 1.85. The van der Waals surface area contributed by atoms with Gasteiger partial charge in [-0.15, -0.1) is 0 Å². The van der Waals surface area contributed by atoms with Gasteiger partial charge in [0.25, 0.3) is 11.1 Å². The third kappa shape index (κ3) is 5.86. The number of methoxy groups -OCH3 is 1. The van der Waals surface area contributed by atoms with E-state index in [4.69, 9.17) is 9.47 Å². The molecule has 0 radical (unpaired) electrons. The molecule has 9 nitrogen and oxygen atoms in total. The summed E-state index contributed by atoms with van der Waals surface area (Å²) < 4.78 is 94.9. The van der Waals surface area contributed by atoms with Crippen LogP contribution in [-0.4, -0.2) is 44.1 Å². The number of nitrogens with zero attached hydrogens (tertiary/aromatic N) is 4. The number of fused-ring (bicyclic) bond motifs is 1. The maximum atomic E-state index is 14.9. The molecule has 1 N–H and O–H groups in total. The summed E-state index contributed by atoms with van der Waals surface area (Å²) in [4.78, 5) is 32.3. The number of alkyl halides is 4. The molecule has 1 aromatic carbocycles. The van der Waals surface area contributed by atoms with E-state index < -0.39 is 65.5 Å². The van der Waals surface area contributed by atoms with Crippen molar-refractivity contribution in [3.63, 3.8) is 0 Å². The molecule has 0 unspecified atom stereocenters. The first-order valence-electron chi connectivity index (χ1n) is 11.2. The highest BCUT2D eigenvalue weighted by Crippen LogP contribution is 2.33. The zero-order chi connectivity index (χ0) is 28.5. The van der Waals surface area contributed by atoms with E-state index in [2.05, 4.69) is 15.1 Å². The minimum Gasteiger partial charge on any atom is -0.494 e.